The van der Waals surface area contributed by atoms with E-state index in [1.165, 1.54) is 24.3 Å². The average molecular weight is 443 g/mol. The minimum Gasteiger partial charge on any atom is -0.464 e. The van der Waals surface area contributed by atoms with Crippen molar-refractivity contribution in [2.45, 2.75) is 19.5 Å². The normalized spacial score (nSPS) is 13.0. The number of carbonyl (C=O) groups excluding carboxylic acids is 2. The Balaban J connectivity index is 0.00000272. The van der Waals surface area contributed by atoms with Gasteiger partial charge < -0.3 is 14.2 Å². The molecule has 0 spiro atoms. The lowest BCUT2D eigenvalue weighted by molar-refractivity contribution is 0.0729. The number of ketones is 1. The largest absolute Gasteiger partial charge is 0.464 e. The fourth-order valence-electron chi connectivity index (χ4n) is 3.67. The number of carbonyl (C=O) groups is 2. The van der Waals surface area contributed by atoms with Crippen LogP contribution in [0.2, 0.25) is 0 Å². The van der Waals surface area contributed by atoms with E-state index in [4.69, 9.17) is 4.42 Å². The molecular formula is C24H24ClFN2O3. The molecule has 1 aromatic heterocycles. The standard InChI is InChI=1S/C24H23FN2O3.ClH/c1-26(2)15-21-13-19-14-27(12-11-22(19)30-21)24(29)18-5-3-16(4-6-18)23(28)17-7-9-20(25)10-8-17;/h3-10,13H,11-12,14-15H2,1-2H3;1H. The molecule has 3 aromatic rings. The second-order valence-corrected chi connectivity index (χ2v) is 7.79. The van der Waals surface area contributed by atoms with Crippen molar-refractivity contribution in [2.24, 2.45) is 0 Å². The Bertz CT molecular complexity index is 1080. The first-order valence-corrected chi connectivity index (χ1v) is 9.85. The molecule has 0 saturated heterocycles. The van der Waals surface area contributed by atoms with Crippen LogP contribution in [0.15, 0.2) is 59.0 Å². The number of benzene rings is 2. The second kappa shape index (κ2) is 9.45. The summed E-state index contributed by atoms with van der Waals surface area (Å²) in [4.78, 5) is 29.3. The molecule has 0 bridgehead atoms. The van der Waals surface area contributed by atoms with E-state index in [-0.39, 0.29) is 29.9 Å². The number of furan rings is 1. The van der Waals surface area contributed by atoms with Gasteiger partial charge in [0.15, 0.2) is 5.78 Å². The predicted molar refractivity (Wildman–Crippen MR) is 118 cm³/mol. The first-order valence-electron chi connectivity index (χ1n) is 9.85. The van der Waals surface area contributed by atoms with Gasteiger partial charge in [-0.15, -0.1) is 12.4 Å². The lowest BCUT2D eigenvalue weighted by Crippen LogP contribution is -2.35. The molecule has 0 N–H and O–H groups in total. The average Bonchev–Trinajstić information content (AvgIpc) is 3.14. The van der Waals surface area contributed by atoms with E-state index in [0.717, 1.165) is 23.6 Å². The third-order valence-electron chi connectivity index (χ3n) is 5.18. The highest BCUT2D eigenvalue weighted by atomic mass is 35.5. The van der Waals surface area contributed by atoms with Crippen LogP contribution in [0, 0.1) is 5.82 Å². The van der Waals surface area contributed by atoms with Crippen LogP contribution in [-0.4, -0.2) is 42.1 Å². The maximum atomic E-state index is 13.1. The Morgan fingerprint density at radius 1 is 1.00 bits per heavy atom. The monoisotopic (exact) mass is 442 g/mol. The van der Waals surface area contributed by atoms with Gasteiger partial charge in [0, 0.05) is 41.8 Å². The maximum absolute atomic E-state index is 13.1. The van der Waals surface area contributed by atoms with Gasteiger partial charge in [-0.05, 0) is 56.6 Å². The molecule has 0 fully saturated rings. The fourth-order valence-corrected chi connectivity index (χ4v) is 3.67. The van der Waals surface area contributed by atoms with Crippen LogP contribution < -0.4 is 0 Å². The van der Waals surface area contributed by atoms with Crippen LogP contribution >= 0.6 is 12.4 Å². The molecule has 1 amide bonds. The molecule has 0 atom stereocenters. The van der Waals surface area contributed by atoms with Crippen LogP contribution in [0.25, 0.3) is 0 Å². The number of halogens is 2. The van der Waals surface area contributed by atoms with Gasteiger partial charge >= 0.3 is 0 Å². The van der Waals surface area contributed by atoms with Gasteiger partial charge in [-0.3, -0.25) is 9.59 Å². The quantitative estimate of drug-likeness (QED) is 0.552. The predicted octanol–water partition coefficient (Wildman–Crippen LogP) is 4.33. The molecule has 1 aliphatic rings. The summed E-state index contributed by atoms with van der Waals surface area (Å²) >= 11 is 0. The molecule has 162 valence electrons. The van der Waals surface area contributed by atoms with Gasteiger partial charge in [-0.25, -0.2) is 4.39 Å². The van der Waals surface area contributed by atoms with Gasteiger partial charge in [-0.2, -0.15) is 0 Å². The number of nitrogens with zero attached hydrogens (tertiary/aromatic N) is 2. The van der Waals surface area contributed by atoms with E-state index in [1.807, 2.05) is 25.1 Å². The molecule has 7 heteroatoms. The third kappa shape index (κ3) is 5.03. The highest BCUT2D eigenvalue weighted by Gasteiger charge is 2.25. The van der Waals surface area contributed by atoms with Gasteiger partial charge in [-0.1, -0.05) is 12.1 Å². The minimum atomic E-state index is -0.386. The van der Waals surface area contributed by atoms with Crippen molar-refractivity contribution in [3.05, 3.63) is 94.2 Å². The molecular weight excluding hydrogens is 419 g/mol. The summed E-state index contributed by atoms with van der Waals surface area (Å²) in [6.45, 7) is 1.84. The first-order chi connectivity index (χ1) is 14.4. The van der Waals surface area contributed by atoms with Crippen LogP contribution in [-0.2, 0) is 19.5 Å². The number of rotatable bonds is 5. The van der Waals surface area contributed by atoms with Crippen LogP contribution in [0.4, 0.5) is 4.39 Å². The molecule has 1 aliphatic heterocycles. The smallest absolute Gasteiger partial charge is 0.254 e. The Morgan fingerprint density at radius 2 is 1.58 bits per heavy atom. The maximum Gasteiger partial charge on any atom is 0.254 e. The number of hydrogen-bond donors (Lipinski definition) is 0. The molecule has 2 heterocycles. The summed E-state index contributed by atoms with van der Waals surface area (Å²) in [5.74, 6) is 1.20. The minimum absolute atomic E-state index is 0. The van der Waals surface area contributed by atoms with E-state index in [9.17, 15) is 14.0 Å². The Labute approximate surface area is 186 Å². The molecule has 0 aliphatic carbocycles. The van der Waals surface area contributed by atoms with Gasteiger partial charge in [0.1, 0.15) is 17.3 Å². The molecule has 4 rings (SSSR count). The lowest BCUT2D eigenvalue weighted by Gasteiger charge is -2.26. The van der Waals surface area contributed by atoms with E-state index in [1.54, 1.807) is 29.2 Å². The summed E-state index contributed by atoms with van der Waals surface area (Å²) in [6, 6.07) is 14.1. The summed E-state index contributed by atoms with van der Waals surface area (Å²) in [5.41, 5.74) is 2.45. The fraction of sp³-hybridized carbons (Fsp3) is 0.250. The van der Waals surface area contributed by atoms with Crippen molar-refractivity contribution < 1.29 is 18.4 Å². The SMILES string of the molecule is CN(C)Cc1cc2c(o1)CCN(C(=O)c1ccc(C(=O)c3ccc(F)cc3)cc1)C2.Cl. The summed E-state index contributed by atoms with van der Waals surface area (Å²) in [7, 11) is 3.98. The van der Waals surface area contributed by atoms with E-state index < -0.39 is 0 Å². The van der Waals surface area contributed by atoms with E-state index in [2.05, 4.69) is 0 Å². The van der Waals surface area contributed by atoms with Crippen LogP contribution in [0.5, 0.6) is 0 Å². The molecule has 0 radical (unpaired) electrons. The zero-order valence-corrected chi connectivity index (χ0v) is 18.2. The van der Waals surface area contributed by atoms with Gasteiger partial charge in [0.25, 0.3) is 5.91 Å². The van der Waals surface area contributed by atoms with Crippen molar-refractivity contribution in [3.8, 4) is 0 Å². The molecule has 31 heavy (non-hydrogen) atoms. The Morgan fingerprint density at radius 3 is 2.19 bits per heavy atom. The third-order valence-corrected chi connectivity index (χ3v) is 5.18. The number of fused-ring (bicyclic) bond motifs is 1. The van der Waals surface area contributed by atoms with Gasteiger partial charge in [0.05, 0.1) is 6.54 Å². The highest BCUT2D eigenvalue weighted by molar-refractivity contribution is 6.09. The zero-order chi connectivity index (χ0) is 21.3. The lowest BCUT2D eigenvalue weighted by atomic mass is 10.0. The van der Waals surface area contributed by atoms with Crippen molar-refractivity contribution in [3.63, 3.8) is 0 Å². The Kier molecular flexibility index (Phi) is 6.93. The van der Waals surface area contributed by atoms with Crippen molar-refractivity contribution in [2.75, 3.05) is 20.6 Å². The second-order valence-electron chi connectivity index (χ2n) is 7.79. The summed E-state index contributed by atoms with van der Waals surface area (Å²) in [5, 5.41) is 0. The van der Waals surface area contributed by atoms with Crippen molar-refractivity contribution >= 4 is 24.1 Å². The van der Waals surface area contributed by atoms with E-state index in [0.29, 0.717) is 36.2 Å². The Hall–Kier alpha value is -2.96. The zero-order valence-electron chi connectivity index (χ0n) is 17.4. The molecule has 0 unspecified atom stereocenters. The van der Waals surface area contributed by atoms with Gasteiger partial charge in [0.2, 0.25) is 0 Å². The topological polar surface area (TPSA) is 53.8 Å². The highest BCUT2D eigenvalue weighted by Crippen LogP contribution is 2.25. The molecule has 5 nitrogen and oxygen atoms in total. The van der Waals surface area contributed by atoms with Crippen LogP contribution in [0.3, 0.4) is 0 Å². The number of hydrogen-bond acceptors (Lipinski definition) is 4. The van der Waals surface area contributed by atoms with E-state index >= 15 is 0 Å². The van der Waals surface area contributed by atoms with Crippen molar-refractivity contribution in [1.29, 1.82) is 0 Å². The summed E-state index contributed by atoms with van der Waals surface area (Å²) < 4.78 is 19.0. The summed E-state index contributed by atoms with van der Waals surface area (Å²) in [6.07, 6.45) is 0.690. The molecule has 2 aromatic carbocycles. The first kappa shape index (κ1) is 22.7. The molecule has 0 saturated carbocycles. The number of amides is 1. The van der Waals surface area contributed by atoms with Crippen LogP contribution in [0.1, 0.15) is 43.4 Å². The van der Waals surface area contributed by atoms with Crippen molar-refractivity contribution in [1.82, 2.24) is 9.80 Å².